The highest BCUT2D eigenvalue weighted by molar-refractivity contribution is 7.58. The molecule has 0 bridgehead atoms. The Labute approximate surface area is 137 Å². The SMILES string of the molecule is Clc1cc(Cl)c(NCc2cn3ccsc3n2)c2c1N=S=N2. The number of halogens is 2. The van der Waals surface area contributed by atoms with Crippen LogP contribution in [0, 0.1) is 0 Å². The second-order valence-electron chi connectivity index (χ2n) is 4.36. The molecule has 0 unspecified atom stereocenters. The molecule has 3 heterocycles. The van der Waals surface area contributed by atoms with E-state index in [4.69, 9.17) is 23.2 Å². The molecule has 0 spiro atoms. The maximum absolute atomic E-state index is 6.26. The van der Waals surface area contributed by atoms with Gasteiger partial charge in [0.2, 0.25) is 0 Å². The van der Waals surface area contributed by atoms with E-state index in [1.54, 1.807) is 17.4 Å². The van der Waals surface area contributed by atoms with Gasteiger partial charge in [-0.3, -0.25) is 4.40 Å². The largest absolute Gasteiger partial charge is 0.376 e. The first-order chi connectivity index (χ1) is 10.2. The van der Waals surface area contributed by atoms with E-state index in [0.29, 0.717) is 28.0 Å². The van der Waals surface area contributed by atoms with E-state index in [1.807, 2.05) is 22.2 Å². The monoisotopic (exact) mass is 355 g/mol. The Hall–Kier alpha value is -1.41. The molecule has 4 rings (SSSR count). The molecular formula is C12H7Cl2N5S2. The van der Waals surface area contributed by atoms with E-state index in [0.717, 1.165) is 27.7 Å². The molecule has 9 heteroatoms. The Morgan fingerprint density at radius 3 is 2.90 bits per heavy atom. The van der Waals surface area contributed by atoms with Crippen molar-refractivity contribution in [3.63, 3.8) is 0 Å². The van der Waals surface area contributed by atoms with Crippen LogP contribution in [-0.4, -0.2) is 9.38 Å². The lowest BCUT2D eigenvalue weighted by atomic mass is 10.2. The molecule has 5 nitrogen and oxygen atoms in total. The molecule has 2 aromatic heterocycles. The Morgan fingerprint density at radius 2 is 2.05 bits per heavy atom. The van der Waals surface area contributed by atoms with Gasteiger partial charge < -0.3 is 5.32 Å². The second-order valence-corrected chi connectivity index (χ2v) is 6.57. The molecule has 3 aromatic rings. The van der Waals surface area contributed by atoms with E-state index >= 15 is 0 Å². The van der Waals surface area contributed by atoms with Crippen LogP contribution in [0.25, 0.3) is 4.96 Å². The molecule has 1 aliphatic rings. The molecule has 0 saturated heterocycles. The lowest BCUT2D eigenvalue weighted by Crippen LogP contribution is -2.00. The summed E-state index contributed by atoms with van der Waals surface area (Å²) in [5.41, 5.74) is 3.03. The molecular weight excluding hydrogens is 349 g/mol. The van der Waals surface area contributed by atoms with Gasteiger partial charge >= 0.3 is 0 Å². The van der Waals surface area contributed by atoms with Gasteiger partial charge in [-0.1, -0.05) is 23.2 Å². The Kier molecular flexibility index (Phi) is 3.22. The van der Waals surface area contributed by atoms with Crippen molar-refractivity contribution in [3.8, 4) is 0 Å². The molecule has 0 atom stereocenters. The summed E-state index contributed by atoms with van der Waals surface area (Å²) in [6.45, 7) is 0.558. The maximum atomic E-state index is 6.26. The first kappa shape index (κ1) is 13.3. The van der Waals surface area contributed by atoms with Gasteiger partial charge in [0.25, 0.3) is 0 Å². The first-order valence-corrected chi connectivity index (χ1v) is 8.34. The van der Waals surface area contributed by atoms with Gasteiger partial charge in [-0.15, -0.1) is 11.3 Å². The third-order valence-corrected chi connectivity index (χ3v) is 4.92. The van der Waals surface area contributed by atoms with Crippen LogP contribution in [-0.2, 0) is 17.9 Å². The van der Waals surface area contributed by atoms with Gasteiger partial charge in [-0.05, 0) is 6.07 Å². The van der Waals surface area contributed by atoms with Gasteiger partial charge in [0.15, 0.2) is 4.96 Å². The number of fused-ring (bicyclic) bond motifs is 2. The Bertz CT molecular complexity index is 895. The Morgan fingerprint density at radius 1 is 1.19 bits per heavy atom. The summed E-state index contributed by atoms with van der Waals surface area (Å²) in [4.78, 5) is 5.49. The highest BCUT2D eigenvalue weighted by Gasteiger charge is 2.18. The average Bonchev–Trinajstić information content (AvgIpc) is 3.12. The summed E-state index contributed by atoms with van der Waals surface area (Å²) in [7, 11) is 0. The average molecular weight is 356 g/mol. The third-order valence-electron chi connectivity index (χ3n) is 3.03. The van der Waals surface area contributed by atoms with Crippen molar-refractivity contribution in [1.29, 1.82) is 0 Å². The zero-order valence-electron chi connectivity index (χ0n) is 10.4. The number of benzene rings is 1. The topological polar surface area (TPSA) is 54.0 Å². The lowest BCUT2D eigenvalue weighted by Gasteiger charge is -2.10. The van der Waals surface area contributed by atoms with Crippen molar-refractivity contribution < 1.29 is 0 Å². The van der Waals surface area contributed by atoms with Gasteiger partial charge in [0.05, 0.1) is 39.3 Å². The van der Waals surface area contributed by atoms with Crippen molar-refractivity contribution in [2.24, 2.45) is 8.73 Å². The van der Waals surface area contributed by atoms with Crippen molar-refractivity contribution in [3.05, 3.63) is 39.6 Å². The molecule has 0 radical (unpaired) electrons. The normalized spacial score (nSPS) is 12.7. The summed E-state index contributed by atoms with van der Waals surface area (Å²) < 4.78 is 10.4. The minimum absolute atomic E-state index is 0.511. The lowest BCUT2D eigenvalue weighted by molar-refractivity contribution is 1.08. The van der Waals surface area contributed by atoms with E-state index in [2.05, 4.69) is 19.0 Å². The van der Waals surface area contributed by atoms with Crippen LogP contribution in [0.4, 0.5) is 17.1 Å². The number of thiazole rings is 1. The summed E-state index contributed by atoms with van der Waals surface area (Å²) in [6.07, 6.45) is 3.97. The molecule has 21 heavy (non-hydrogen) atoms. The minimum atomic E-state index is 0.511. The number of rotatable bonds is 3. The number of aromatic nitrogens is 2. The predicted molar refractivity (Wildman–Crippen MR) is 88.4 cm³/mol. The molecule has 106 valence electrons. The molecule has 1 aliphatic heterocycles. The summed E-state index contributed by atoms with van der Waals surface area (Å²) in [5.74, 6) is 0. The fourth-order valence-corrected chi connectivity index (χ4v) is 3.98. The molecule has 0 saturated carbocycles. The van der Waals surface area contributed by atoms with Crippen LogP contribution in [0.15, 0.2) is 32.6 Å². The highest BCUT2D eigenvalue weighted by atomic mass is 35.5. The van der Waals surface area contributed by atoms with E-state index in [1.165, 1.54) is 0 Å². The number of hydrogen-bond donors (Lipinski definition) is 1. The zero-order chi connectivity index (χ0) is 14.4. The quantitative estimate of drug-likeness (QED) is 0.559. The summed E-state index contributed by atoms with van der Waals surface area (Å²) in [6, 6.07) is 1.68. The van der Waals surface area contributed by atoms with E-state index in [-0.39, 0.29) is 0 Å². The number of nitrogens with zero attached hydrogens (tertiary/aromatic N) is 4. The number of imidazole rings is 1. The van der Waals surface area contributed by atoms with Crippen LogP contribution in [0.2, 0.25) is 10.0 Å². The van der Waals surface area contributed by atoms with Crippen LogP contribution in [0.5, 0.6) is 0 Å². The number of anilines is 1. The molecule has 0 aliphatic carbocycles. The van der Waals surface area contributed by atoms with Gasteiger partial charge in [0.1, 0.15) is 11.4 Å². The minimum Gasteiger partial charge on any atom is -0.376 e. The summed E-state index contributed by atoms with van der Waals surface area (Å²) in [5, 5.41) is 6.32. The van der Waals surface area contributed by atoms with Gasteiger partial charge in [-0.25, -0.2) is 4.98 Å². The predicted octanol–water partition coefficient (Wildman–Crippen LogP) is 5.04. The maximum Gasteiger partial charge on any atom is 0.193 e. The fraction of sp³-hybridized carbons (Fsp3) is 0.0833. The number of nitrogens with one attached hydrogen (secondary N) is 1. The molecule has 0 fully saturated rings. The molecule has 0 amide bonds. The van der Waals surface area contributed by atoms with Crippen molar-refractivity contribution in [2.75, 3.05) is 5.32 Å². The van der Waals surface area contributed by atoms with Crippen LogP contribution < -0.4 is 5.32 Å². The van der Waals surface area contributed by atoms with Crippen LogP contribution in [0.3, 0.4) is 0 Å². The van der Waals surface area contributed by atoms with Gasteiger partial charge in [0, 0.05) is 17.8 Å². The molecule has 1 N–H and O–H groups in total. The highest BCUT2D eigenvalue weighted by Crippen LogP contribution is 2.47. The van der Waals surface area contributed by atoms with Crippen molar-refractivity contribution >= 4 is 67.9 Å². The second kappa shape index (κ2) is 5.10. The summed E-state index contributed by atoms with van der Waals surface area (Å²) >= 11 is 15.1. The van der Waals surface area contributed by atoms with Crippen molar-refractivity contribution in [1.82, 2.24) is 9.38 Å². The molecule has 1 aromatic carbocycles. The fourth-order valence-electron chi connectivity index (χ4n) is 2.08. The third kappa shape index (κ3) is 2.26. The van der Waals surface area contributed by atoms with Crippen LogP contribution in [0.1, 0.15) is 5.69 Å². The van der Waals surface area contributed by atoms with Gasteiger partial charge in [-0.2, -0.15) is 8.73 Å². The van der Waals surface area contributed by atoms with E-state index in [9.17, 15) is 0 Å². The number of hydrogen-bond acceptors (Lipinski definition) is 5. The Balaban J connectivity index is 1.64. The van der Waals surface area contributed by atoms with Crippen LogP contribution >= 0.6 is 34.5 Å². The first-order valence-electron chi connectivity index (χ1n) is 5.97. The van der Waals surface area contributed by atoms with Crippen molar-refractivity contribution in [2.45, 2.75) is 6.54 Å². The standard InChI is InChI=1S/C12H7Cl2N5S2/c13-7-3-8(14)10-11(18-21-17-10)9(7)15-4-6-5-19-1-2-20-12(19)16-6/h1-3,5,15H,4H2. The smallest absolute Gasteiger partial charge is 0.193 e. The van der Waals surface area contributed by atoms with E-state index < -0.39 is 0 Å². The zero-order valence-corrected chi connectivity index (χ0v) is 13.5.